The van der Waals surface area contributed by atoms with E-state index >= 15 is 0 Å². The fraction of sp³-hybridized carbons (Fsp3) is 0.562. The highest BCUT2D eigenvalue weighted by Gasteiger charge is 2.34. The molecule has 0 amide bonds. The van der Waals surface area contributed by atoms with Gasteiger partial charge in [0.1, 0.15) is 0 Å². The Labute approximate surface area is 157 Å². The predicted molar refractivity (Wildman–Crippen MR) is 96.9 cm³/mol. The number of sulfonamides is 1. The normalized spacial score (nSPS) is 19.3. The van der Waals surface area contributed by atoms with Gasteiger partial charge < -0.3 is 10.6 Å². The van der Waals surface area contributed by atoms with Gasteiger partial charge in [-0.15, -0.1) is 0 Å². The minimum absolute atomic E-state index is 0.110. The summed E-state index contributed by atoms with van der Waals surface area (Å²) in [4.78, 5) is 5.62. The van der Waals surface area contributed by atoms with Crippen LogP contribution in [-0.2, 0) is 16.6 Å². The van der Waals surface area contributed by atoms with E-state index in [9.17, 15) is 21.6 Å². The molecule has 0 radical (unpaired) electrons. The molecule has 1 aliphatic rings. The van der Waals surface area contributed by atoms with Gasteiger partial charge in [-0.25, -0.2) is 13.1 Å². The number of alkyl halides is 3. The minimum atomic E-state index is -4.19. The molecule has 1 fully saturated rings. The molecule has 0 spiro atoms. The Balaban J connectivity index is 1.84. The molecule has 1 saturated heterocycles. The van der Waals surface area contributed by atoms with Crippen LogP contribution in [0, 0.1) is 0 Å². The summed E-state index contributed by atoms with van der Waals surface area (Å²) < 4.78 is 63.0. The lowest BCUT2D eigenvalue weighted by Crippen LogP contribution is -2.44. The fourth-order valence-corrected chi connectivity index (χ4v) is 3.56. The van der Waals surface area contributed by atoms with Crippen molar-refractivity contribution < 1.29 is 21.6 Å². The summed E-state index contributed by atoms with van der Waals surface area (Å²) >= 11 is 0. The van der Waals surface area contributed by atoms with Crippen LogP contribution in [0.4, 0.5) is 13.2 Å². The molecule has 0 bridgehead atoms. The van der Waals surface area contributed by atoms with E-state index in [0.717, 1.165) is 5.56 Å². The number of guanidine groups is 1. The van der Waals surface area contributed by atoms with Crippen molar-refractivity contribution in [3.8, 4) is 0 Å². The van der Waals surface area contributed by atoms with Crippen molar-refractivity contribution in [1.82, 2.24) is 20.3 Å². The van der Waals surface area contributed by atoms with E-state index in [1.807, 2.05) is 0 Å². The highest BCUT2D eigenvalue weighted by Crippen LogP contribution is 2.19. The standard InChI is InChI=1S/C16H24F3N5O2S/c1-20-15(23-13-7-8-24(10-13)11-16(17,18)19)22-9-12-3-5-14(6-4-12)27(25,26)21-2/h3-6,13,21H,7-11H2,1-2H3,(H2,20,22,23). The third-order valence-corrected chi connectivity index (χ3v) is 5.63. The summed E-state index contributed by atoms with van der Waals surface area (Å²) in [7, 11) is -0.546. The second kappa shape index (κ2) is 8.89. The second-order valence-corrected chi connectivity index (χ2v) is 8.14. The van der Waals surface area contributed by atoms with Gasteiger partial charge >= 0.3 is 6.18 Å². The largest absolute Gasteiger partial charge is 0.401 e. The molecule has 27 heavy (non-hydrogen) atoms. The van der Waals surface area contributed by atoms with Crippen LogP contribution in [0.5, 0.6) is 0 Å². The summed E-state index contributed by atoms with van der Waals surface area (Å²) in [6, 6.07) is 6.27. The van der Waals surface area contributed by atoms with Crippen LogP contribution in [0.2, 0.25) is 0 Å². The second-order valence-electron chi connectivity index (χ2n) is 6.26. The number of rotatable bonds is 6. The molecule has 152 valence electrons. The van der Waals surface area contributed by atoms with E-state index in [2.05, 4.69) is 20.3 Å². The maximum atomic E-state index is 12.5. The average Bonchev–Trinajstić information content (AvgIpc) is 3.03. The Morgan fingerprint density at radius 2 is 1.96 bits per heavy atom. The number of likely N-dealkylation sites (tertiary alicyclic amines) is 1. The maximum Gasteiger partial charge on any atom is 0.401 e. The molecule has 7 nitrogen and oxygen atoms in total. The number of aliphatic imine (C=N–C) groups is 1. The Bertz CT molecular complexity index is 750. The quantitative estimate of drug-likeness (QED) is 0.482. The first kappa shape index (κ1) is 21.5. The van der Waals surface area contributed by atoms with Gasteiger partial charge in [0, 0.05) is 32.7 Å². The van der Waals surface area contributed by atoms with E-state index in [1.165, 1.54) is 24.1 Å². The van der Waals surface area contributed by atoms with Crippen LogP contribution in [0.15, 0.2) is 34.2 Å². The van der Waals surface area contributed by atoms with E-state index in [-0.39, 0.29) is 10.9 Å². The zero-order valence-electron chi connectivity index (χ0n) is 15.2. The number of nitrogens with one attached hydrogen (secondary N) is 3. The van der Waals surface area contributed by atoms with Crippen LogP contribution in [0.1, 0.15) is 12.0 Å². The predicted octanol–water partition coefficient (Wildman–Crippen LogP) is 0.896. The van der Waals surface area contributed by atoms with Gasteiger partial charge in [0.15, 0.2) is 5.96 Å². The molecular weight excluding hydrogens is 383 g/mol. The summed E-state index contributed by atoms with van der Waals surface area (Å²) in [5.74, 6) is 0.487. The Morgan fingerprint density at radius 1 is 1.30 bits per heavy atom. The van der Waals surface area contributed by atoms with Crippen LogP contribution in [-0.4, -0.2) is 65.2 Å². The van der Waals surface area contributed by atoms with Crippen molar-refractivity contribution in [3.63, 3.8) is 0 Å². The van der Waals surface area contributed by atoms with Gasteiger partial charge in [0.25, 0.3) is 0 Å². The van der Waals surface area contributed by atoms with Crippen molar-refractivity contribution >= 4 is 16.0 Å². The topological polar surface area (TPSA) is 85.8 Å². The minimum Gasteiger partial charge on any atom is -0.352 e. The zero-order valence-corrected chi connectivity index (χ0v) is 16.0. The van der Waals surface area contributed by atoms with Crippen molar-refractivity contribution in [2.24, 2.45) is 4.99 Å². The molecule has 1 atom stereocenters. The third kappa shape index (κ3) is 6.67. The lowest BCUT2D eigenvalue weighted by Gasteiger charge is -2.19. The number of benzene rings is 1. The number of nitrogens with zero attached hydrogens (tertiary/aromatic N) is 2. The lowest BCUT2D eigenvalue weighted by molar-refractivity contribution is -0.143. The van der Waals surface area contributed by atoms with Gasteiger partial charge in [0.2, 0.25) is 10.0 Å². The molecule has 1 aromatic carbocycles. The van der Waals surface area contributed by atoms with Crippen molar-refractivity contribution in [3.05, 3.63) is 29.8 Å². The summed E-state index contributed by atoms with van der Waals surface area (Å²) in [5, 5.41) is 6.20. The molecule has 1 unspecified atom stereocenters. The van der Waals surface area contributed by atoms with Gasteiger partial charge in [-0.3, -0.25) is 9.89 Å². The van der Waals surface area contributed by atoms with E-state index in [1.54, 1.807) is 19.2 Å². The summed E-state index contributed by atoms with van der Waals surface area (Å²) in [6.45, 7) is 0.185. The Morgan fingerprint density at radius 3 is 2.52 bits per heavy atom. The SMILES string of the molecule is CN=C(NCc1ccc(S(=O)(=O)NC)cc1)NC1CCN(CC(F)(F)F)C1. The summed E-state index contributed by atoms with van der Waals surface area (Å²) in [5.41, 5.74) is 0.845. The fourth-order valence-electron chi connectivity index (χ4n) is 2.83. The molecule has 0 aromatic heterocycles. The van der Waals surface area contributed by atoms with Gasteiger partial charge in [0.05, 0.1) is 11.4 Å². The van der Waals surface area contributed by atoms with Crippen molar-refractivity contribution in [2.75, 3.05) is 33.7 Å². The van der Waals surface area contributed by atoms with Crippen molar-refractivity contribution in [2.45, 2.75) is 30.1 Å². The first-order chi connectivity index (χ1) is 12.6. The van der Waals surface area contributed by atoms with Gasteiger partial charge in [-0.1, -0.05) is 12.1 Å². The van der Waals surface area contributed by atoms with E-state index in [4.69, 9.17) is 0 Å². The monoisotopic (exact) mass is 407 g/mol. The molecule has 2 rings (SSSR count). The molecule has 1 aliphatic heterocycles. The summed E-state index contributed by atoms with van der Waals surface area (Å²) in [6.07, 6.45) is -3.59. The molecular formula is C16H24F3N5O2S. The number of hydrogen-bond acceptors (Lipinski definition) is 4. The van der Waals surface area contributed by atoms with Crippen LogP contribution in [0.3, 0.4) is 0 Å². The van der Waals surface area contributed by atoms with Crippen LogP contribution < -0.4 is 15.4 Å². The highest BCUT2D eigenvalue weighted by atomic mass is 32.2. The number of halogens is 3. The molecule has 3 N–H and O–H groups in total. The average molecular weight is 407 g/mol. The molecule has 0 aliphatic carbocycles. The highest BCUT2D eigenvalue weighted by molar-refractivity contribution is 7.89. The Kier molecular flexibility index (Phi) is 7.06. The van der Waals surface area contributed by atoms with E-state index in [0.29, 0.717) is 32.0 Å². The Hall–Kier alpha value is -1.85. The molecule has 1 aromatic rings. The lowest BCUT2D eigenvalue weighted by atomic mass is 10.2. The molecule has 11 heteroatoms. The van der Waals surface area contributed by atoms with Crippen LogP contribution in [0.25, 0.3) is 0 Å². The maximum absolute atomic E-state index is 12.5. The van der Waals surface area contributed by atoms with E-state index < -0.39 is 22.7 Å². The molecule has 0 saturated carbocycles. The van der Waals surface area contributed by atoms with Crippen LogP contribution >= 0.6 is 0 Å². The first-order valence-corrected chi connectivity index (χ1v) is 9.90. The third-order valence-electron chi connectivity index (χ3n) is 4.20. The first-order valence-electron chi connectivity index (χ1n) is 8.42. The van der Waals surface area contributed by atoms with Crippen molar-refractivity contribution in [1.29, 1.82) is 0 Å². The molecule has 1 heterocycles. The zero-order chi connectivity index (χ0) is 20.1. The van der Waals surface area contributed by atoms with Gasteiger partial charge in [-0.05, 0) is 31.2 Å². The van der Waals surface area contributed by atoms with Gasteiger partial charge in [-0.2, -0.15) is 13.2 Å². The smallest absolute Gasteiger partial charge is 0.352 e. The number of hydrogen-bond donors (Lipinski definition) is 3.